The van der Waals surface area contributed by atoms with Crippen molar-refractivity contribution >= 4 is 39.7 Å². The second-order valence-corrected chi connectivity index (χ2v) is 9.60. The predicted octanol–water partition coefficient (Wildman–Crippen LogP) is 5.67. The van der Waals surface area contributed by atoms with Crippen LogP contribution in [0.25, 0.3) is 10.8 Å². The highest BCUT2D eigenvalue weighted by Crippen LogP contribution is 2.40. The fourth-order valence-corrected chi connectivity index (χ4v) is 5.70. The third kappa shape index (κ3) is 4.46. The Kier molecular flexibility index (Phi) is 6.74. The Morgan fingerprint density at radius 2 is 1.86 bits per heavy atom. The van der Waals surface area contributed by atoms with Gasteiger partial charge in [-0.2, -0.15) is 0 Å². The number of anilines is 1. The molecule has 0 aliphatic carbocycles. The summed E-state index contributed by atoms with van der Waals surface area (Å²) < 4.78 is 2.32. The molecule has 4 aromatic rings. The number of aromatic nitrogens is 2. The van der Waals surface area contributed by atoms with Crippen LogP contribution in [0.4, 0.5) is 5.69 Å². The number of aryl methyl sites for hydroxylation is 1. The highest BCUT2D eigenvalue weighted by Gasteiger charge is 2.41. The van der Waals surface area contributed by atoms with Crippen molar-refractivity contribution < 1.29 is 4.79 Å². The van der Waals surface area contributed by atoms with Crippen molar-refractivity contribution in [2.75, 3.05) is 11.9 Å². The summed E-state index contributed by atoms with van der Waals surface area (Å²) in [5, 5.41) is 9.39. The molecule has 3 heterocycles. The first-order valence-corrected chi connectivity index (χ1v) is 12.8. The van der Waals surface area contributed by atoms with Gasteiger partial charge in [0.2, 0.25) is 5.91 Å². The lowest BCUT2D eigenvalue weighted by Gasteiger charge is -2.28. The van der Waals surface area contributed by atoms with Crippen LogP contribution in [0, 0.1) is 13.8 Å². The lowest BCUT2D eigenvalue weighted by atomic mass is 9.96. The van der Waals surface area contributed by atoms with Crippen LogP contribution in [-0.4, -0.2) is 32.0 Å². The molecular weight excluding hydrogens is 466 g/mol. The molecule has 2 aromatic carbocycles. The molecule has 1 aliphatic rings. The summed E-state index contributed by atoms with van der Waals surface area (Å²) in [4.78, 5) is 19.8. The minimum atomic E-state index is -0.0920. The molecule has 2 atom stereocenters. The smallest absolute Gasteiger partial charge is 0.226 e. The van der Waals surface area contributed by atoms with E-state index in [1.54, 1.807) is 0 Å². The van der Waals surface area contributed by atoms with E-state index in [9.17, 15) is 4.79 Å². The summed E-state index contributed by atoms with van der Waals surface area (Å²) in [5.41, 5.74) is 5.42. The van der Waals surface area contributed by atoms with Crippen molar-refractivity contribution in [1.29, 1.82) is 0 Å². The maximum atomic E-state index is 13.1. The molecule has 2 unspecified atom stereocenters. The molecule has 0 spiro atoms. The highest BCUT2D eigenvalue weighted by molar-refractivity contribution is 7.80. The summed E-state index contributed by atoms with van der Waals surface area (Å²) >= 11 is 5.80. The number of nitrogens with zero attached hydrogens (tertiary/aromatic N) is 3. The lowest BCUT2D eigenvalue weighted by Crippen LogP contribution is -2.33. The monoisotopic (exact) mass is 497 g/mol. The lowest BCUT2D eigenvalue weighted by molar-refractivity contribution is -0.116. The molecule has 36 heavy (non-hydrogen) atoms. The first-order valence-electron chi connectivity index (χ1n) is 12.4. The average molecular weight is 498 g/mol. The summed E-state index contributed by atoms with van der Waals surface area (Å²) in [6.07, 6.45) is 2.13. The van der Waals surface area contributed by atoms with Crippen LogP contribution in [0.15, 0.2) is 72.9 Å². The zero-order chi connectivity index (χ0) is 25.2. The van der Waals surface area contributed by atoms with Crippen molar-refractivity contribution in [3.63, 3.8) is 0 Å². The molecule has 0 bridgehead atoms. The average Bonchev–Trinajstić information content (AvgIpc) is 3.37. The van der Waals surface area contributed by atoms with Crippen molar-refractivity contribution in [2.45, 2.75) is 45.8 Å². The van der Waals surface area contributed by atoms with Gasteiger partial charge in [-0.25, -0.2) is 0 Å². The second kappa shape index (κ2) is 10.1. The van der Waals surface area contributed by atoms with Gasteiger partial charge in [-0.3, -0.25) is 9.78 Å². The zero-order valence-corrected chi connectivity index (χ0v) is 21.7. The quantitative estimate of drug-likeness (QED) is 0.322. The summed E-state index contributed by atoms with van der Waals surface area (Å²) in [6.45, 7) is 7.87. The molecule has 1 amide bonds. The predicted molar refractivity (Wildman–Crippen MR) is 149 cm³/mol. The minimum absolute atomic E-state index is 0.0341. The van der Waals surface area contributed by atoms with Gasteiger partial charge in [0, 0.05) is 48.2 Å². The van der Waals surface area contributed by atoms with Gasteiger partial charge in [0.1, 0.15) is 0 Å². The highest BCUT2D eigenvalue weighted by atomic mass is 32.1. The number of rotatable bonds is 7. The topological polar surface area (TPSA) is 62.2 Å². The third-order valence-electron chi connectivity index (χ3n) is 7.09. The first kappa shape index (κ1) is 24.0. The van der Waals surface area contributed by atoms with Crippen LogP contribution >= 0.6 is 12.2 Å². The maximum absolute atomic E-state index is 13.1. The Bertz CT molecular complexity index is 1410. The molecule has 1 saturated heterocycles. The van der Waals surface area contributed by atoms with Gasteiger partial charge in [-0.15, -0.1) is 0 Å². The van der Waals surface area contributed by atoms with Crippen molar-refractivity contribution in [3.05, 3.63) is 95.6 Å². The number of carbonyl (C=O) groups is 1. The second-order valence-electron chi connectivity index (χ2n) is 9.22. The Morgan fingerprint density at radius 1 is 1.08 bits per heavy atom. The Labute approximate surface area is 217 Å². The molecule has 2 aromatic heterocycles. The molecule has 0 radical (unpaired) electrons. The molecule has 2 N–H and O–H groups in total. The molecule has 6 nitrogen and oxygen atoms in total. The Balaban J connectivity index is 1.40. The number of amides is 1. The number of nitrogens with one attached hydrogen (secondary N) is 2. The summed E-state index contributed by atoms with van der Waals surface area (Å²) in [6, 6.07) is 22.1. The minimum Gasteiger partial charge on any atom is -0.352 e. The maximum Gasteiger partial charge on any atom is 0.226 e. The standard InChI is InChI=1S/C29H31N5OS/c1-4-33-19(2)18-23(20(33)3)28-27(25-13-7-8-16-30-25)32-29(36)34(28)17-15-26(35)31-24-14-9-11-21-10-5-6-12-22(21)24/h5-14,16,18,27-28H,4,15,17H2,1-3H3,(H,31,35)(H,32,36). The zero-order valence-electron chi connectivity index (χ0n) is 20.9. The molecule has 5 rings (SSSR count). The number of benzene rings is 2. The van der Waals surface area contributed by atoms with Gasteiger partial charge in [-0.05, 0) is 68.2 Å². The van der Waals surface area contributed by atoms with Gasteiger partial charge in [0.25, 0.3) is 0 Å². The van der Waals surface area contributed by atoms with E-state index in [1.165, 1.54) is 17.0 Å². The van der Waals surface area contributed by atoms with E-state index in [4.69, 9.17) is 12.2 Å². The first-order chi connectivity index (χ1) is 17.5. The van der Waals surface area contributed by atoms with E-state index < -0.39 is 0 Å². The number of fused-ring (bicyclic) bond motifs is 1. The van der Waals surface area contributed by atoms with Gasteiger partial charge < -0.3 is 20.1 Å². The van der Waals surface area contributed by atoms with Gasteiger partial charge in [-0.1, -0.05) is 42.5 Å². The number of thiocarbonyl (C=S) groups is 1. The Hall–Kier alpha value is -3.71. The van der Waals surface area contributed by atoms with Gasteiger partial charge >= 0.3 is 0 Å². The number of carbonyl (C=O) groups excluding carboxylic acids is 1. The molecule has 1 aliphatic heterocycles. The van der Waals surface area contributed by atoms with Crippen molar-refractivity contribution in [2.24, 2.45) is 0 Å². The Morgan fingerprint density at radius 3 is 2.61 bits per heavy atom. The third-order valence-corrected chi connectivity index (χ3v) is 7.44. The van der Waals surface area contributed by atoms with Crippen LogP contribution in [0.5, 0.6) is 0 Å². The van der Waals surface area contributed by atoms with E-state index in [2.05, 4.69) is 64.1 Å². The summed E-state index contributed by atoms with van der Waals surface area (Å²) in [5.74, 6) is -0.0341. The van der Waals surface area contributed by atoms with E-state index in [0.717, 1.165) is 28.7 Å². The molecule has 7 heteroatoms. The number of hydrogen-bond donors (Lipinski definition) is 2. The SMILES string of the molecule is CCn1c(C)cc(C2C(c3ccccn3)NC(=S)N2CCC(=O)Nc2cccc3ccccc23)c1C. The van der Waals surface area contributed by atoms with E-state index >= 15 is 0 Å². The van der Waals surface area contributed by atoms with Gasteiger partial charge in [0.05, 0.1) is 17.8 Å². The summed E-state index contributed by atoms with van der Waals surface area (Å²) in [7, 11) is 0. The molecule has 0 saturated carbocycles. The molecule has 184 valence electrons. The van der Waals surface area contributed by atoms with Crippen molar-refractivity contribution in [3.8, 4) is 0 Å². The van der Waals surface area contributed by atoms with Crippen LogP contribution < -0.4 is 10.6 Å². The number of hydrogen-bond acceptors (Lipinski definition) is 3. The largest absolute Gasteiger partial charge is 0.352 e. The van der Waals surface area contributed by atoms with E-state index in [0.29, 0.717) is 18.1 Å². The van der Waals surface area contributed by atoms with E-state index in [1.807, 2.05) is 54.7 Å². The molecular formula is C29H31N5OS. The molecule has 1 fully saturated rings. The van der Waals surface area contributed by atoms with Crippen LogP contribution in [0.3, 0.4) is 0 Å². The fraction of sp³-hybridized carbons (Fsp3) is 0.276. The van der Waals surface area contributed by atoms with Crippen LogP contribution in [-0.2, 0) is 11.3 Å². The van der Waals surface area contributed by atoms with Crippen LogP contribution in [0.1, 0.15) is 48.1 Å². The fourth-order valence-electron chi connectivity index (χ4n) is 5.37. The normalized spacial score (nSPS) is 17.4. The van der Waals surface area contributed by atoms with Gasteiger partial charge in [0.15, 0.2) is 5.11 Å². The number of pyridine rings is 1. The van der Waals surface area contributed by atoms with E-state index in [-0.39, 0.29) is 18.0 Å². The van der Waals surface area contributed by atoms with Crippen LogP contribution in [0.2, 0.25) is 0 Å². The van der Waals surface area contributed by atoms with Crippen molar-refractivity contribution in [1.82, 2.24) is 19.8 Å².